The standard InChI is InChI=1S/C17H20O/c1-17(13-8-14-18,15-9-4-2-5-10-15)16-11-6-3-7-12-16/h2-7,9-12,18H,8,13-14H2,1H3. The number of rotatable bonds is 5. The predicted octanol–water partition coefficient (Wildman–Crippen LogP) is 3.77. The summed E-state index contributed by atoms with van der Waals surface area (Å²) >= 11 is 0. The van der Waals surface area contributed by atoms with Gasteiger partial charge >= 0.3 is 0 Å². The van der Waals surface area contributed by atoms with Crippen molar-refractivity contribution in [2.24, 2.45) is 0 Å². The number of benzene rings is 2. The lowest BCUT2D eigenvalue weighted by atomic mass is 9.73. The van der Waals surface area contributed by atoms with Gasteiger partial charge in [0.05, 0.1) is 0 Å². The molecule has 0 unspecified atom stereocenters. The lowest BCUT2D eigenvalue weighted by Gasteiger charge is -2.31. The van der Waals surface area contributed by atoms with Crippen LogP contribution in [0.3, 0.4) is 0 Å². The largest absolute Gasteiger partial charge is 0.396 e. The van der Waals surface area contributed by atoms with Gasteiger partial charge < -0.3 is 5.11 Å². The molecule has 2 rings (SSSR count). The van der Waals surface area contributed by atoms with E-state index in [9.17, 15) is 0 Å². The van der Waals surface area contributed by atoms with Gasteiger partial charge in [0.15, 0.2) is 0 Å². The monoisotopic (exact) mass is 240 g/mol. The molecular weight excluding hydrogens is 220 g/mol. The minimum Gasteiger partial charge on any atom is -0.396 e. The Morgan fingerprint density at radius 2 is 1.28 bits per heavy atom. The van der Waals surface area contributed by atoms with Gasteiger partial charge in [-0.3, -0.25) is 0 Å². The number of aliphatic hydroxyl groups excluding tert-OH is 1. The van der Waals surface area contributed by atoms with E-state index >= 15 is 0 Å². The van der Waals surface area contributed by atoms with E-state index in [-0.39, 0.29) is 12.0 Å². The fraction of sp³-hybridized carbons (Fsp3) is 0.294. The maximum Gasteiger partial charge on any atom is 0.0431 e. The summed E-state index contributed by atoms with van der Waals surface area (Å²) in [4.78, 5) is 0. The second-order valence-corrected chi connectivity index (χ2v) is 4.89. The summed E-state index contributed by atoms with van der Waals surface area (Å²) < 4.78 is 0. The van der Waals surface area contributed by atoms with Crippen molar-refractivity contribution in [3.63, 3.8) is 0 Å². The van der Waals surface area contributed by atoms with Crippen molar-refractivity contribution in [1.29, 1.82) is 0 Å². The Bertz CT molecular complexity index is 422. The molecule has 0 saturated carbocycles. The van der Waals surface area contributed by atoms with Crippen LogP contribution in [0.4, 0.5) is 0 Å². The van der Waals surface area contributed by atoms with Crippen molar-refractivity contribution in [1.82, 2.24) is 0 Å². The third-order valence-corrected chi connectivity index (χ3v) is 3.66. The molecule has 0 radical (unpaired) electrons. The first-order valence-corrected chi connectivity index (χ1v) is 6.49. The summed E-state index contributed by atoms with van der Waals surface area (Å²) in [7, 11) is 0. The third kappa shape index (κ3) is 2.62. The highest BCUT2D eigenvalue weighted by atomic mass is 16.2. The number of aliphatic hydroxyl groups is 1. The molecule has 0 atom stereocenters. The van der Waals surface area contributed by atoms with E-state index in [1.807, 2.05) is 12.1 Å². The van der Waals surface area contributed by atoms with Crippen molar-refractivity contribution < 1.29 is 5.11 Å². The summed E-state index contributed by atoms with van der Waals surface area (Å²) in [6.07, 6.45) is 1.78. The van der Waals surface area contributed by atoms with E-state index in [0.29, 0.717) is 0 Å². The lowest BCUT2D eigenvalue weighted by Crippen LogP contribution is -2.24. The zero-order valence-electron chi connectivity index (χ0n) is 10.8. The zero-order chi connectivity index (χ0) is 12.8. The maximum absolute atomic E-state index is 9.12. The molecule has 1 heteroatoms. The minimum atomic E-state index is -0.0226. The van der Waals surface area contributed by atoms with Crippen LogP contribution >= 0.6 is 0 Å². The summed E-state index contributed by atoms with van der Waals surface area (Å²) in [5, 5.41) is 9.12. The fourth-order valence-corrected chi connectivity index (χ4v) is 2.50. The third-order valence-electron chi connectivity index (χ3n) is 3.66. The highest BCUT2D eigenvalue weighted by Gasteiger charge is 2.27. The van der Waals surface area contributed by atoms with Gasteiger partial charge in [-0.1, -0.05) is 67.6 Å². The Morgan fingerprint density at radius 3 is 1.67 bits per heavy atom. The molecular formula is C17H20O. The van der Waals surface area contributed by atoms with Gasteiger partial charge in [0.1, 0.15) is 0 Å². The van der Waals surface area contributed by atoms with Crippen molar-refractivity contribution in [2.45, 2.75) is 25.2 Å². The van der Waals surface area contributed by atoms with Gasteiger partial charge in [0, 0.05) is 12.0 Å². The molecule has 2 aromatic rings. The summed E-state index contributed by atoms with van der Waals surface area (Å²) in [5.74, 6) is 0. The van der Waals surface area contributed by atoms with Crippen molar-refractivity contribution in [3.05, 3.63) is 71.8 Å². The van der Waals surface area contributed by atoms with Gasteiger partial charge in [0.2, 0.25) is 0 Å². The second-order valence-electron chi connectivity index (χ2n) is 4.89. The molecule has 0 fully saturated rings. The van der Waals surface area contributed by atoms with Gasteiger partial charge in [-0.2, -0.15) is 0 Å². The first kappa shape index (κ1) is 12.8. The van der Waals surface area contributed by atoms with Crippen molar-refractivity contribution in [2.75, 3.05) is 6.61 Å². The van der Waals surface area contributed by atoms with E-state index in [0.717, 1.165) is 12.8 Å². The van der Waals surface area contributed by atoms with Crippen LogP contribution in [0.25, 0.3) is 0 Å². The molecule has 1 N–H and O–H groups in total. The van der Waals surface area contributed by atoms with E-state index in [1.165, 1.54) is 11.1 Å². The van der Waals surface area contributed by atoms with Crippen LogP contribution in [0, 0.1) is 0 Å². The predicted molar refractivity (Wildman–Crippen MR) is 75.7 cm³/mol. The van der Waals surface area contributed by atoms with E-state index in [2.05, 4.69) is 55.5 Å². The Labute approximate surface area is 109 Å². The van der Waals surface area contributed by atoms with Crippen LogP contribution in [0.5, 0.6) is 0 Å². The minimum absolute atomic E-state index is 0.0226. The molecule has 1 nitrogen and oxygen atoms in total. The number of hydrogen-bond donors (Lipinski definition) is 1. The molecule has 94 valence electrons. The Morgan fingerprint density at radius 1 is 0.833 bits per heavy atom. The first-order valence-electron chi connectivity index (χ1n) is 6.49. The highest BCUT2D eigenvalue weighted by molar-refractivity contribution is 5.38. The highest BCUT2D eigenvalue weighted by Crippen LogP contribution is 2.35. The average Bonchev–Trinajstić information content (AvgIpc) is 2.46. The molecule has 0 aromatic heterocycles. The Hall–Kier alpha value is -1.60. The van der Waals surface area contributed by atoms with E-state index < -0.39 is 0 Å². The fourth-order valence-electron chi connectivity index (χ4n) is 2.50. The lowest BCUT2D eigenvalue weighted by molar-refractivity contribution is 0.272. The zero-order valence-corrected chi connectivity index (χ0v) is 10.8. The van der Waals surface area contributed by atoms with Crippen LogP contribution in [0.15, 0.2) is 60.7 Å². The maximum atomic E-state index is 9.12. The van der Waals surface area contributed by atoms with Gasteiger partial charge in [-0.25, -0.2) is 0 Å². The molecule has 0 aliphatic rings. The molecule has 0 spiro atoms. The summed E-state index contributed by atoms with van der Waals surface area (Å²) in [6, 6.07) is 21.1. The van der Waals surface area contributed by atoms with Crippen LogP contribution in [-0.4, -0.2) is 11.7 Å². The quantitative estimate of drug-likeness (QED) is 0.843. The molecule has 2 aromatic carbocycles. The van der Waals surface area contributed by atoms with Crippen LogP contribution in [0.1, 0.15) is 30.9 Å². The van der Waals surface area contributed by atoms with E-state index in [4.69, 9.17) is 5.11 Å². The SMILES string of the molecule is CC(CCCO)(c1ccccc1)c1ccccc1. The topological polar surface area (TPSA) is 20.2 Å². The average molecular weight is 240 g/mol. The van der Waals surface area contributed by atoms with Gasteiger partial charge in [0.25, 0.3) is 0 Å². The van der Waals surface area contributed by atoms with E-state index in [1.54, 1.807) is 0 Å². The van der Waals surface area contributed by atoms with Crippen molar-refractivity contribution in [3.8, 4) is 0 Å². The summed E-state index contributed by atoms with van der Waals surface area (Å²) in [6.45, 7) is 2.50. The Kier molecular flexibility index (Phi) is 4.16. The van der Waals surface area contributed by atoms with Gasteiger partial charge in [-0.15, -0.1) is 0 Å². The first-order chi connectivity index (χ1) is 8.77. The number of hydrogen-bond acceptors (Lipinski definition) is 1. The molecule has 0 amide bonds. The Balaban J connectivity index is 2.41. The van der Waals surface area contributed by atoms with Crippen LogP contribution in [-0.2, 0) is 5.41 Å². The summed E-state index contributed by atoms with van der Waals surface area (Å²) in [5.41, 5.74) is 2.60. The molecule has 0 aliphatic heterocycles. The molecule has 0 heterocycles. The molecule has 0 bridgehead atoms. The normalized spacial score (nSPS) is 11.4. The van der Waals surface area contributed by atoms with Crippen LogP contribution < -0.4 is 0 Å². The second kappa shape index (κ2) is 5.83. The van der Waals surface area contributed by atoms with Gasteiger partial charge in [-0.05, 0) is 24.0 Å². The molecule has 18 heavy (non-hydrogen) atoms. The smallest absolute Gasteiger partial charge is 0.0431 e. The molecule has 0 aliphatic carbocycles. The van der Waals surface area contributed by atoms with Crippen LogP contribution in [0.2, 0.25) is 0 Å². The van der Waals surface area contributed by atoms with Crippen molar-refractivity contribution >= 4 is 0 Å². The molecule has 0 saturated heterocycles.